The number of furan rings is 1. The lowest BCUT2D eigenvalue weighted by molar-refractivity contribution is 0.100. The second-order valence-corrected chi connectivity index (χ2v) is 4.28. The molecule has 0 aliphatic heterocycles. The Labute approximate surface area is 104 Å². The van der Waals surface area contributed by atoms with E-state index >= 15 is 0 Å². The van der Waals surface area contributed by atoms with Crippen molar-refractivity contribution in [1.82, 2.24) is 0 Å². The Hall–Kier alpha value is -1.13. The average Bonchev–Trinajstić information content (AvgIpc) is 2.67. The Balaban J connectivity index is 2.45. The highest BCUT2D eigenvalue weighted by atomic mass is 79.9. The molecule has 0 bridgehead atoms. The molecule has 0 saturated carbocycles. The Morgan fingerprint density at radius 3 is 2.69 bits per heavy atom. The van der Waals surface area contributed by atoms with Gasteiger partial charge in [-0.2, -0.15) is 0 Å². The highest BCUT2D eigenvalue weighted by Gasteiger charge is 2.17. The minimum absolute atomic E-state index is 0.0630. The summed E-state index contributed by atoms with van der Waals surface area (Å²) in [6, 6.07) is 6.83. The summed E-state index contributed by atoms with van der Waals surface area (Å²) in [7, 11) is 0. The molecule has 0 aliphatic carbocycles. The topological polar surface area (TPSA) is 30.2 Å². The van der Waals surface area contributed by atoms with E-state index in [9.17, 15) is 9.18 Å². The van der Waals surface area contributed by atoms with E-state index in [-0.39, 0.29) is 11.3 Å². The summed E-state index contributed by atoms with van der Waals surface area (Å²) in [5.41, 5.74) is -0.102. The van der Waals surface area contributed by atoms with Crippen molar-refractivity contribution in [3.05, 3.63) is 57.2 Å². The van der Waals surface area contributed by atoms with E-state index in [1.807, 2.05) is 0 Å². The van der Waals surface area contributed by atoms with Crippen LogP contribution < -0.4 is 0 Å². The third kappa shape index (κ3) is 2.18. The average molecular weight is 304 g/mol. The van der Waals surface area contributed by atoms with Crippen molar-refractivity contribution in [2.75, 3.05) is 0 Å². The SMILES string of the molecule is O=C(c1ccc(Br)o1)c1cc(Cl)ccc1F. The quantitative estimate of drug-likeness (QED) is 0.783. The van der Waals surface area contributed by atoms with E-state index < -0.39 is 11.6 Å². The maximum atomic E-state index is 13.4. The number of carbonyl (C=O) groups excluding carboxylic acids is 1. The van der Waals surface area contributed by atoms with Crippen molar-refractivity contribution < 1.29 is 13.6 Å². The predicted molar refractivity (Wildman–Crippen MR) is 61.3 cm³/mol. The first-order valence-corrected chi connectivity index (χ1v) is 5.50. The fourth-order valence-electron chi connectivity index (χ4n) is 1.24. The second-order valence-electron chi connectivity index (χ2n) is 3.06. The van der Waals surface area contributed by atoms with Gasteiger partial charge in [-0.05, 0) is 46.3 Å². The molecular weight excluding hydrogens is 298 g/mol. The Morgan fingerprint density at radius 1 is 1.31 bits per heavy atom. The lowest BCUT2D eigenvalue weighted by atomic mass is 10.1. The molecule has 5 heteroatoms. The van der Waals surface area contributed by atoms with E-state index in [2.05, 4.69) is 15.9 Å². The van der Waals surface area contributed by atoms with E-state index in [4.69, 9.17) is 16.0 Å². The molecule has 0 unspecified atom stereocenters. The first-order chi connectivity index (χ1) is 7.58. The molecular formula is C11H5BrClFO2. The van der Waals surface area contributed by atoms with Gasteiger partial charge in [-0.15, -0.1) is 0 Å². The lowest BCUT2D eigenvalue weighted by Crippen LogP contribution is -2.02. The van der Waals surface area contributed by atoms with Crippen LogP contribution in [0.5, 0.6) is 0 Å². The number of hydrogen-bond acceptors (Lipinski definition) is 2. The third-order valence-electron chi connectivity index (χ3n) is 1.97. The van der Waals surface area contributed by atoms with Gasteiger partial charge in [0, 0.05) is 5.02 Å². The number of halogens is 3. The zero-order chi connectivity index (χ0) is 11.7. The molecule has 0 N–H and O–H groups in total. The van der Waals surface area contributed by atoms with Crippen LogP contribution in [0.15, 0.2) is 39.4 Å². The van der Waals surface area contributed by atoms with Gasteiger partial charge in [-0.3, -0.25) is 4.79 Å². The molecule has 1 aromatic heterocycles. The van der Waals surface area contributed by atoms with Crippen LogP contribution in [0.2, 0.25) is 5.02 Å². The molecule has 0 fully saturated rings. The van der Waals surface area contributed by atoms with Crippen molar-refractivity contribution in [3.8, 4) is 0 Å². The molecule has 2 aromatic rings. The van der Waals surface area contributed by atoms with Crippen LogP contribution in [0.3, 0.4) is 0 Å². The van der Waals surface area contributed by atoms with E-state index in [0.717, 1.165) is 6.07 Å². The molecule has 0 atom stereocenters. The van der Waals surface area contributed by atoms with Gasteiger partial charge in [0.15, 0.2) is 10.4 Å². The summed E-state index contributed by atoms with van der Waals surface area (Å²) in [6.07, 6.45) is 0. The lowest BCUT2D eigenvalue weighted by Gasteiger charge is -2.00. The summed E-state index contributed by atoms with van der Waals surface area (Å²) in [5.74, 6) is -1.10. The van der Waals surface area contributed by atoms with Crippen LogP contribution in [0.25, 0.3) is 0 Å². The maximum absolute atomic E-state index is 13.4. The summed E-state index contributed by atoms with van der Waals surface area (Å²) < 4.78 is 18.8. The van der Waals surface area contributed by atoms with Crippen LogP contribution in [0.4, 0.5) is 4.39 Å². The predicted octanol–water partition coefficient (Wildman–Crippen LogP) is 4.07. The third-order valence-corrected chi connectivity index (χ3v) is 2.63. The molecule has 0 saturated heterocycles. The Bertz CT molecular complexity index is 551. The monoisotopic (exact) mass is 302 g/mol. The van der Waals surface area contributed by atoms with Gasteiger partial charge < -0.3 is 4.42 Å². The van der Waals surface area contributed by atoms with Gasteiger partial charge >= 0.3 is 0 Å². The summed E-state index contributed by atoms with van der Waals surface area (Å²) >= 11 is 8.76. The second kappa shape index (κ2) is 4.39. The van der Waals surface area contributed by atoms with Crippen molar-refractivity contribution in [1.29, 1.82) is 0 Å². The van der Waals surface area contributed by atoms with E-state index in [1.54, 1.807) is 6.07 Å². The number of benzene rings is 1. The number of hydrogen-bond donors (Lipinski definition) is 0. The fraction of sp³-hybridized carbons (Fsp3) is 0. The molecule has 0 aliphatic rings. The van der Waals surface area contributed by atoms with Crippen LogP contribution in [-0.2, 0) is 0 Å². The smallest absolute Gasteiger partial charge is 0.231 e. The molecule has 0 spiro atoms. The zero-order valence-corrected chi connectivity index (χ0v) is 10.2. The molecule has 0 amide bonds. The summed E-state index contributed by atoms with van der Waals surface area (Å²) in [5, 5.41) is 0.301. The van der Waals surface area contributed by atoms with Crippen molar-refractivity contribution in [2.24, 2.45) is 0 Å². The highest BCUT2D eigenvalue weighted by Crippen LogP contribution is 2.21. The first kappa shape index (κ1) is 11.4. The van der Waals surface area contributed by atoms with Crippen LogP contribution in [0, 0.1) is 5.82 Å². The molecule has 2 nitrogen and oxygen atoms in total. The normalized spacial score (nSPS) is 10.4. The highest BCUT2D eigenvalue weighted by molar-refractivity contribution is 9.10. The number of rotatable bonds is 2. The van der Waals surface area contributed by atoms with E-state index in [0.29, 0.717) is 9.69 Å². The van der Waals surface area contributed by atoms with Crippen LogP contribution in [0.1, 0.15) is 16.1 Å². The minimum Gasteiger partial charge on any atom is -0.446 e. The fourth-order valence-corrected chi connectivity index (χ4v) is 1.72. The first-order valence-electron chi connectivity index (χ1n) is 4.33. The van der Waals surface area contributed by atoms with Gasteiger partial charge in [-0.25, -0.2) is 4.39 Å². The van der Waals surface area contributed by atoms with Crippen molar-refractivity contribution in [3.63, 3.8) is 0 Å². The minimum atomic E-state index is -0.623. The zero-order valence-electron chi connectivity index (χ0n) is 7.84. The standard InChI is InChI=1S/C11H5BrClFO2/c12-10-4-3-9(16-10)11(15)7-5-6(13)1-2-8(7)14/h1-5H. The van der Waals surface area contributed by atoms with Gasteiger partial charge in [0.25, 0.3) is 0 Å². The molecule has 16 heavy (non-hydrogen) atoms. The molecule has 2 rings (SSSR count). The summed E-state index contributed by atoms with van der Waals surface area (Å²) in [4.78, 5) is 11.8. The molecule has 1 heterocycles. The van der Waals surface area contributed by atoms with Crippen LogP contribution >= 0.6 is 27.5 Å². The van der Waals surface area contributed by atoms with Crippen molar-refractivity contribution >= 4 is 33.3 Å². The Kier molecular flexibility index (Phi) is 3.12. The largest absolute Gasteiger partial charge is 0.446 e. The van der Waals surface area contributed by atoms with Crippen LogP contribution in [-0.4, -0.2) is 5.78 Å². The maximum Gasteiger partial charge on any atom is 0.231 e. The van der Waals surface area contributed by atoms with Crippen molar-refractivity contribution in [2.45, 2.75) is 0 Å². The summed E-state index contributed by atoms with van der Waals surface area (Å²) in [6.45, 7) is 0. The molecule has 0 radical (unpaired) electrons. The molecule has 1 aromatic carbocycles. The van der Waals surface area contributed by atoms with Gasteiger partial charge in [-0.1, -0.05) is 11.6 Å². The van der Waals surface area contributed by atoms with Gasteiger partial charge in [0.05, 0.1) is 5.56 Å². The Morgan fingerprint density at radius 2 is 2.06 bits per heavy atom. The van der Waals surface area contributed by atoms with E-state index in [1.165, 1.54) is 18.2 Å². The van der Waals surface area contributed by atoms with Gasteiger partial charge in [0.1, 0.15) is 5.82 Å². The number of carbonyl (C=O) groups is 1. The number of ketones is 1. The van der Waals surface area contributed by atoms with Gasteiger partial charge in [0.2, 0.25) is 5.78 Å². The molecule has 82 valence electrons.